The monoisotopic (exact) mass is 546 g/mol. The molecule has 7 heteroatoms. The maximum Gasteiger partial charge on any atom is 0.365 e. The number of hydrogen-bond donors (Lipinski definition) is 0. The average Bonchev–Trinajstić information content (AvgIpc) is 3.40. The van der Waals surface area contributed by atoms with Crippen molar-refractivity contribution in [2.24, 2.45) is 10.2 Å². The third kappa shape index (κ3) is 4.36. The van der Waals surface area contributed by atoms with Crippen molar-refractivity contribution in [1.82, 2.24) is 0 Å². The Morgan fingerprint density at radius 1 is 0.800 bits per heavy atom. The van der Waals surface area contributed by atoms with Crippen molar-refractivity contribution < 1.29 is 9.53 Å². The Labute approximate surface area is 239 Å². The van der Waals surface area contributed by atoms with Crippen LogP contribution in [0.1, 0.15) is 48.9 Å². The van der Waals surface area contributed by atoms with Crippen LogP contribution >= 0.6 is 11.8 Å². The Balaban J connectivity index is 1.61. The van der Waals surface area contributed by atoms with Crippen LogP contribution in [-0.4, -0.2) is 23.3 Å². The summed E-state index contributed by atoms with van der Waals surface area (Å²) in [6.07, 6.45) is 0. The van der Waals surface area contributed by atoms with E-state index in [4.69, 9.17) is 14.9 Å². The third-order valence-corrected chi connectivity index (χ3v) is 8.33. The van der Waals surface area contributed by atoms with E-state index in [9.17, 15) is 4.79 Å². The van der Waals surface area contributed by atoms with Crippen LogP contribution in [0.5, 0.6) is 0 Å². The van der Waals surface area contributed by atoms with Crippen molar-refractivity contribution in [2.45, 2.75) is 31.7 Å². The summed E-state index contributed by atoms with van der Waals surface area (Å²) in [4.78, 5) is 12.1. The molecule has 4 aromatic rings. The summed E-state index contributed by atoms with van der Waals surface area (Å²) in [5.74, 6) is -0.0127. The number of rotatable bonds is 6. The second-order valence-corrected chi connectivity index (χ2v) is 11.1. The predicted molar refractivity (Wildman–Crippen MR) is 164 cm³/mol. The topological polar surface area (TPSA) is 57.5 Å². The molecule has 0 aromatic heterocycles. The SMILES string of the molecule is CCOC(=O)C1=NN(c2ccccc2)C2(S1)c1ccccc1C(c1ccc(C(C)C)cc1)=NN2c1ccccc1. The molecule has 0 amide bonds. The van der Waals surface area contributed by atoms with Gasteiger partial charge in [-0.3, -0.25) is 0 Å². The number of ether oxygens (including phenoxy) is 1. The van der Waals surface area contributed by atoms with Crippen molar-refractivity contribution in [3.05, 3.63) is 131 Å². The van der Waals surface area contributed by atoms with Gasteiger partial charge in [0.1, 0.15) is 0 Å². The Kier molecular flexibility index (Phi) is 6.90. The second kappa shape index (κ2) is 10.7. The first-order valence-corrected chi connectivity index (χ1v) is 14.3. The largest absolute Gasteiger partial charge is 0.461 e. The molecule has 6 nitrogen and oxygen atoms in total. The van der Waals surface area contributed by atoms with Gasteiger partial charge in [-0.1, -0.05) is 98.8 Å². The fourth-order valence-corrected chi connectivity index (χ4v) is 6.37. The smallest absolute Gasteiger partial charge is 0.365 e. The molecule has 2 aliphatic heterocycles. The van der Waals surface area contributed by atoms with E-state index < -0.39 is 11.0 Å². The minimum Gasteiger partial charge on any atom is -0.461 e. The molecule has 0 saturated carbocycles. The van der Waals surface area contributed by atoms with Gasteiger partial charge in [0.05, 0.1) is 23.7 Å². The molecule has 2 heterocycles. The summed E-state index contributed by atoms with van der Waals surface area (Å²) in [5, 5.41) is 14.4. The molecule has 2 aliphatic rings. The highest BCUT2D eigenvalue weighted by Gasteiger charge is 2.56. The molecule has 0 aliphatic carbocycles. The normalized spacial score (nSPS) is 18.0. The molecular weight excluding hydrogens is 516 g/mol. The molecular formula is C33H30N4O2S. The number of thioether (sulfide) groups is 1. The molecule has 1 atom stereocenters. The van der Waals surface area contributed by atoms with E-state index in [1.54, 1.807) is 6.92 Å². The Morgan fingerprint density at radius 3 is 1.98 bits per heavy atom. The molecule has 4 aromatic carbocycles. The Bertz CT molecular complexity index is 1590. The van der Waals surface area contributed by atoms with Gasteiger partial charge in [-0.2, -0.15) is 10.2 Å². The summed E-state index contributed by atoms with van der Waals surface area (Å²) in [6.45, 7) is 6.46. The number of esters is 1. The zero-order valence-corrected chi connectivity index (χ0v) is 23.5. The first-order valence-electron chi connectivity index (χ1n) is 13.5. The van der Waals surface area contributed by atoms with Crippen molar-refractivity contribution in [2.75, 3.05) is 16.6 Å². The van der Waals surface area contributed by atoms with Crippen LogP contribution in [0, 0.1) is 0 Å². The average molecular weight is 547 g/mol. The van der Waals surface area contributed by atoms with E-state index in [0.717, 1.165) is 33.8 Å². The highest BCUT2D eigenvalue weighted by Crippen LogP contribution is 2.55. The number of hydrazone groups is 2. The lowest BCUT2D eigenvalue weighted by Crippen LogP contribution is -2.54. The lowest BCUT2D eigenvalue weighted by Gasteiger charge is -2.47. The number of hydrogen-bond acceptors (Lipinski definition) is 7. The van der Waals surface area contributed by atoms with Gasteiger partial charge >= 0.3 is 5.97 Å². The van der Waals surface area contributed by atoms with Crippen LogP contribution in [0.15, 0.2) is 119 Å². The summed E-state index contributed by atoms with van der Waals surface area (Å²) in [7, 11) is 0. The Morgan fingerprint density at radius 2 is 1.38 bits per heavy atom. The summed E-state index contributed by atoms with van der Waals surface area (Å²) >= 11 is 1.35. The third-order valence-electron chi connectivity index (χ3n) is 7.04. The second-order valence-electron chi connectivity index (χ2n) is 9.90. The van der Waals surface area contributed by atoms with Gasteiger partial charge in [0, 0.05) is 16.7 Å². The fourth-order valence-electron chi connectivity index (χ4n) is 5.09. The number of carbonyl (C=O) groups is 1. The van der Waals surface area contributed by atoms with E-state index >= 15 is 0 Å². The maximum atomic E-state index is 13.1. The van der Waals surface area contributed by atoms with E-state index in [0.29, 0.717) is 5.92 Å². The summed E-state index contributed by atoms with van der Waals surface area (Å²) in [6, 6.07) is 36.8. The summed E-state index contributed by atoms with van der Waals surface area (Å²) < 4.78 is 5.42. The van der Waals surface area contributed by atoms with Gasteiger partial charge < -0.3 is 4.74 Å². The molecule has 1 unspecified atom stereocenters. The van der Waals surface area contributed by atoms with Crippen LogP contribution in [0.25, 0.3) is 0 Å². The predicted octanol–water partition coefficient (Wildman–Crippen LogP) is 7.32. The van der Waals surface area contributed by atoms with Crippen molar-refractivity contribution in [3.63, 3.8) is 0 Å². The van der Waals surface area contributed by atoms with Crippen LogP contribution in [-0.2, 0) is 14.5 Å². The first kappa shape index (κ1) is 25.9. The van der Waals surface area contributed by atoms with E-state index in [1.807, 2.05) is 82.8 Å². The van der Waals surface area contributed by atoms with Gasteiger partial charge in [0.15, 0.2) is 0 Å². The molecule has 0 radical (unpaired) electrons. The van der Waals surface area contributed by atoms with E-state index in [1.165, 1.54) is 17.3 Å². The molecule has 0 N–H and O–H groups in total. The van der Waals surface area contributed by atoms with Crippen molar-refractivity contribution in [1.29, 1.82) is 0 Å². The highest BCUT2D eigenvalue weighted by atomic mass is 32.2. The zero-order chi connectivity index (χ0) is 27.7. The van der Waals surface area contributed by atoms with E-state index in [2.05, 4.69) is 50.2 Å². The number of nitrogens with zero attached hydrogens (tertiary/aromatic N) is 4. The molecule has 40 heavy (non-hydrogen) atoms. The number of carbonyl (C=O) groups excluding carboxylic acids is 1. The Hall–Kier alpha value is -4.36. The molecule has 0 bridgehead atoms. The van der Waals surface area contributed by atoms with E-state index in [-0.39, 0.29) is 11.7 Å². The molecule has 0 saturated heterocycles. The van der Waals surface area contributed by atoms with Crippen molar-refractivity contribution >= 4 is 39.9 Å². The molecule has 6 rings (SSSR count). The summed E-state index contributed by atoms with van der Waals surface area (Å²) in [5.41, 5.74) is 6.84. The van der Waals surface area contributed by atoms with Gasteiger partial charge in [0.2, 0.25) is 10.0 Å². The van der Waals surface area contributed by atoms with Crippen LogP contribution in [0.2, 0.25) is 0 Å². The minimum atomic E-state index is -1.01. The maximum absolute atomic E-state index is 13.1. The van der Waals surface area contributed by atoms with Crippen LogP contribution in [0.3, 0.4) is 0 Å². The zero-order valence-electron chi connectivity index (χ0n) is 22.7. The van der Waals surface area contributed by atoms with Gasteiger partial charge in [-0.05, 0) is 54.4 Å². The molecule has 1 spiro atoms. The van der Waals surface area contributed by atoms with Crippen LogP contribution < -0.4 is 10.0 Å². The minimum absolute atomic E-state index is 0.268. The number of para-hydroxylation sites is 2. The number of benzene rings is 4. The van der Waals surface area contributed by atoms with Gasteiger partial charge in [-0.15, -0.1) is 0 Å². The number of anilines is 2. The molecule has 0 fully saturated rings. The number of fused-ring (bicyclic) bond motifs is 2. The van der Waals surface area contributed by atoms with Gasteiger partial charge in [-0.25, -0.2) is 14.8 Å². The fraction of sp³-hybridized carbons (Fsp3) is 0.182. The quantitative estimate of drug-likeness (QED) is 0.237. The molecule has 200 valence electrons. The van der Waals surface area contributed by atoms with Crippen molar-refractivity contribution in [3.8, 4) is 0 Å². The highest BCUT2D eigenvalue weighted by molar-refractivity contribution is 8.16. The van der Waals surface area contributed by atoms with Gasteiger partial charge in [0.25, 0.3) is 0 Å². The first-order chi connectivity index (χ1) is 19.5. The van der Waals surface area contributed by atoms with Crippen LogP contribution in [0.4, 0.5) is 11.4 Å². The lowest BCUT2D eigenvalue weighted by molar-refractivity contribution is -0.134. The standard InChI is InChI=1S/C33H30N4O2S/c1-4-39-32(38)31-35-37(27-15-9-6-10-16-27)33(40-31)29-18-12-11-17-28(29)30(25-21-19-24(20-22-25)23(2)3)34-36(33)26-13-7-5-8-14-26/h5-23H,4H2,1-3H3. The lowest BCUT2D eigenvalue weighted by atomic mass is 9.92.